The number of phenols is 4. The van der Waals surface area contributed by atoms with Crippen molar-refractivity contribution in [2.75, 3.05) is 0 Å². The fourth-order valence-corrected chi connectivity index (χ4v) is 3.29. The molecule has 2 aromatic carbocycles. The Bertz CT molecular complexity index is 1270. The van der Waals surface area contributed by atoms with Crippen molar-refractivity contribution in [1.29, 1.82) is 0 Å². The minimum atomic E-state index is -0.481. The summed E-state index contributed by atoms with van der Waals surface area (Å²) in [4.78, 5) is 12.8. The highest BCUT2D eigenvalue weighted by molar-refractivity contribution is 5.89. The third-order valence-corrected chi connectivity index (χ3v) is 4.96. The highest BCUT2D eigenvalue weighted by Gasteiger charge is 2.19. The van der Waals surface area contributed by atoms with Crippen molar-refractivity contribution in [3.8, 4) is 34.3 Å². The highest BCUT2D eigenvalue weighted by Crippen LogP contribution is 2.38. The quantitative estimate of drug-likeness (QED) is 0.328. The number of rotatable bonds is 5. The van der Waals surface area contributed by atoms with Crippen LogP contribution in [0.4, 0.5) is 0 Å². The highest BCUT2D eigenvalue weighted by atomic mass is 16.3. The zero-order valence-electron chi connectivity index (χ0n) is 18.0. The van der Waals surface area contributed by atoms with Gasteiger partial charge >= 0.3 is 0 Å². The van der Waals surface area contributed by atoms with Crippen LogP contribution in [-0.2, 0) is 12.8 Å². The first-order valence-corrected chi connectivity index (χ1v) is 9.92. The van der Waals surface area contributed by atoms with Crippen LogP contribution in [0.2, 0.25) is 0 Å². The lowest BCUT2D eigenvalue weighted by Crippen LogP contribution is -2.03. The van der Waals surface area contributed by atoms with E-state index in [9.17, 15) is 25.2 Å². The predicted molar refractivity (Wildman–Crippen MR) is 121 cm³/mol. The molecule has 1 heterocycles. The molecule has 6 nitrogen and oxygen atoms in total. The Morgan fingerprint density at radius 2 is 1.48 bits per heavy atom. The number of fused-ring (bicyclic) bond motifs is 1. The number of benzene rings is 2. The van der Waals surface area contributed by atoms with E-state index < -0.39 is 5.43 Å². The third-order valence-electron chi connectivity index (χ3n) is 4.96. The van der Waals surface area contributed by atoms with Gasteiger partial charge < -0.3 is 24.8 Å². The Hall–Kier alpha value is -3.67. The van der Waals surface area contributed by atoms with Gasteiger partial charge in [-0.3, -0.25) is 4.79 Å². The van der Waals surface area contributed by atoms with Crippen LogP contribution >= 0.6 is 0 Å². The Morgan fingerprint density at radius 1 is 0.839 bits per heavy atom. The smallest absolute Gasteiger partial charge is 0.197 e. The van der Waals surface area contributed by atoms with Crippen molar-refractivity contribution in [3.63, 3.8) is 0 Å². The first kappa shape index (κ1) is 22.0. The summed E-state index contributed by atoms with van der Waals surface area (Å²) in [5.74, 6) is -0.966. The normalized spacial score (nSPS) is 10.8. The molecule has 162 valence electrons. The van der Waals surface area contributed by atoms with Crippen LogP contribution in [0, 0.1) is 0 Å². The van der Waals surface area contributed by atoms with Crippen molar-refractivity contribution < 1.29 is 24.8 Å². The zero-order chi connectivity index (χ0) is 22.9. The molecule has 0 amide bonds. The number of hydrogen-bond acceptors (Lipinski definition) is 6. The maximum atomic E-state index is 12.8. The number of allylic oxidation sites excluding steroid dienone is 4. The second-order valence-corrected chi connectivity index (χ2v) is 8.05. The van der Waals surface area contributed by atoms with Gasteiger partial charge in [0.1, 0.15) is 28.2 Å². The number of phenolic OH excluding ortho intramolecular Hbond substituents is 4. The van der Waals surface area contributed by atoms with E-state index in [-0.39, 0.29) is 39.7 Å². The standard InChI is InChI=1S/C25H26O6/c1-13(2)5-7-15-9-16(10-21(29)24(15)30)22-12-20(28)23-19(27)11-18(26)17(25(23)31-22)8-6-14(3)4/h5-6,9-12,26-27,29-30H,7-8H2,1-4H3. The van der Waals surface area contributed by atoms with Crippen molar-refractivity contribution in [1.82, 2.24) is 0 Å². The molecule has 0 spiro atoms. The van der Waals surface area contributed by atoms with E-state index in [1.54, 1.807) is 6.07 Å². The molecule has 1 aromatic heterocycles. The SMILES string of the molecule is CC(C)=CCc1cc(-c2cc(=O)c3c(O)cc(O)c(CC=C(C)C)c3o2)cc(O)c1O. The topological polar surface area (TPSA) is 111 Å². The van der Waals surface area contributed by atoms with E-state index >= 15 is 0 Å². The van der Waals surface area contributed by atoms with Crippen LogP contribution in [0.15, 0.2) is 56.8 Å². The lowest BCUT2D eigenvalue weighted by Gasteiger charge is -2.12. The van der Waals surface area contributed by atoms with Crippen LogP contribution in [0.1, 0.15) is 38.8 Å². The first-order chi connectivity index (χ1) is 14.6. The Balaban J connectivity index is 2.27. The molecule has 0 saturated heterocycles. The van der Waals surface area contributed by atoms with Crippen LogP contribution in [0.3, 0.4) is 0 Å². The summed E-state index contributed by atoms with van der Waals surface area (Å²) in [6.07, 6.45) is 4.48. The van der Waals surface area contributed by atoms with Crippen LogP contribution < -0.4 is 5.43 Å². The van der Waals surface area contributed by atoms with Gasteiger partial charge in [0.2, 0.25) is 0 Å². The molecule has 0 aliphatic heterocycles. The monoisotopic (exact) mass is 422 g/mol. The van der Waals surface area contributed by atoms with E-state index in [4.69, 9.17) is 4.42 Å². The fraction of sp³-hybridized carbons (Fsp3) is 0.240. The fourth-order valence-electron chi connectivity index (χ4n) is 3.29. The molecule has 0 unspecified atom stereocenters. The molecule has 6 heteroatoms. The predicted octanol–water partition coefficient (Wildman–Crippen LogP) is 5.30. The van der Waals surface area contributed by atoms with Gasteiger partial charge in [0.05, 0.1) is 0 Å². The summed E-state index contributed by atoms with van der Waals surface area (Å²) >= 11 is 0. The minimum Gasteiger partial charge on any atom is -0.507 e. The molecule has 4 N–H and O–H groups in total. The largest absolute Gasteiger partial charge is 0.507 e. The molecular formula is C25H26O6. The molecule has 0 bridgehead atoms. The summed E-state index contributed by atoms with van der Waals surface area (Å²) in [5, 5.41) is 41.0. The second kappa shape index (κ2) is 8.60. The van der Waals surface area contributed by atoms with Crippen molar-refractivity contribution in [2.24, 2.45) is 0 Å². The van der Waals surface area contributed by atoms with Gasteiger partial charge in [-0.1, -0.05) is 23.3 Å². The van der Waals surface area contributed by atoms with Gasteiger partial charge in [0.25, 0.3) is 0 Å². The van der Waals surface area contributed by atoms with Gasteiger partial charge in [0.15, 0.2) is 16.9 Å². The van der Waals surface area contributed by atoms with E-state index in [0.717, 1.165) is 17.2 Å². The average Bonchev–Trinajstić information content (AvgIpc) is 2.67. The first-order valence-electron chi connectivity index (χ1n) is 9.92. The summed E-state index contributed by atoms with van der Waals surface area (Å²) in [7, 11) is 0. The lowest BCUT2D eigenvalue weighted by molar-refractivity contribution is 0.400. The molecule has 0 radical (unpaired) electrons. The van der Waals surface area contributed by atoms with Crippen LogP contribution in [-0.4, -0.2) is 20.4 Å². The molecule has 0 fully saturated rings. The molecule has 31 heavy (non-hydrogen) atoms. The van der Waals surface area contributed by atoms with Gasteiger partial charge in [-0.2, -0.15) is 0 Å². The lowest BCUT2D eigenvalue weighted by atomic mass is 10.0. The molecule has 0 aliphatic rings. The Kier molecular flexibility index (Phi) is 6.11. The Labute approximate surface area is 180 Å². The molecule has 3 rings (SSSR count). The molecule has 3 aromatic rings. The Morgan fingerprint density at radius 3 is 2.13 bits per heavy atom. The van der Waals surface area contributed by atoms with E-state index in [1.165, 1.54) is 12.1 Å². The average molecular weight is 422 g/mol. The van der Waals surface area contributed by atoms with Gasteiger partial charge in [-0.15, -0.1) is 0 Å². The third kappa shape index (κ3) is 4.58. The summed E-state index contributed by atoms with van der Waals surface area (Å²) in [6.45, 7) is 7.68. The maximum Gasteiger partial charge on any atom is 0.197 e. The summed E-state index contributed by atoms with van der Waals surface area (Å²) < 4.78 is 5.97. The number of aromatic hydroxyl groups is 4. The van der Waals surface area contributed by atoms with E-state index in [1.807, 2.05) is 39.8 Å². The minimum absolute atomic E-state index is 0.0218. The van der Waals surface area contributed by atoms with Gasteiger partial charge in [-0.25, -0.2) is 0 Å². The van der Waals surface area contributed by atoms with Gasteiger partial charge in [-0.05, 0) is 52.7 Å². The van der Waals surface area contributed by atoms with E-state index in [2.05, 4.69) is 0 Å². The maximum absolute atomic E-state index is 12.8. The summed E-state index contributed by atoms with van der Waals surface area (Å²) in [5.41, 5.74) is 2.91. The van der Waals surface area contributed by atoms with Crippen LogP contribution in [0.25, 0.3) is 22.3 Å². The molecule has 0 aliphatic carbocycles. The molecule has 0 atom stereocenters. The van der Waals surface area contributed by atoms with Gasteiger partial charge in [0, 0.05) is 28.8 Å². The van der Waals surface area contributed by atoms with Crippen molar-refractivity contribution in [3.05, 3.63) is 68.9 Å². The molecule has 0 saturated carbocycles. The number of hydrogen-bond donors (Lipinski definition) is 4. The van der Waals surface area contributed by atoms with Crippen molar-refractivity contribution in [2.45, 2.75) is 40.5 Å². The molecular weight excluding hydrogens is 396 g/mol. The van der Waals surface area contributed by atoms with Crippen molar-refractivity contribution >= 4 is 11.0 Å². The van der Waals surface area contributed by atoms with E-state index in [0.29, 0.717) is 29.5 Å². The van der Waals surface area contributed by atoms with Crippen LogP contribution in [0.5, 0.6) is 23.0 Å². The summed E-state index contributed by atoms with van der Waals surface area (Å²) in [6, 6.07) is 5.30. The zero-order valence-corrected chi connectivity index (χ0v) is 18.0. The second-order valence-electron chi connectivity index (χ2n) is 8.05.